The first-order valence-corrected chi connectivity index (χ1v) is 5.14. The largest absolute Gasteiger partial charge is 0.508 e. The molecule has 3 heteroatoms. The van der Waals surface area contributed by atoms with Crippen molar-refractivity contribution in [2.24, 2.45) is 0 Å². The summed E-state index contributed by atoms with van der Waals surface area (Å²) in [6.07, 6.45) is 1.49. The first kappa shape index (κ1) is 11.5. The molecule has 1 atom stereocenters. The number of nitrogens with zero attached hydrogens (tertiary/aromatic N) is 1. The fourth-order valence-corrected chi connectivity index (χ4v) is 1.35. The van der Waals surface area contributed by atoms with Gasteiger partial charge in [-0.15, -0.1) is 0 Å². The Morgan fingerprint density at radius 1 is 1.40 bits per heavy atom. The van der Waals surface area contributed by atoms with Crippen LogP contribution in [0.4, 0.5) is 0 Å². The van der Waals surface area contributed by atoms with E-state index in [1.165, 1.54) is 0 Å². The third kappa shape index (κ3) is 4.01. The van der Waals surface area contributed by atoms with E-state index in [4.69, 9.17) is 10.4 Å². The highest BCUT2D eigenvalue weighted by atomic mass is 16.3. The van der Waals surface area contributed by atoms with Gasteiger partial charge in [0.05, 0.1) is 12.5 Å². The lowest BCUT2D eigenvalue weighted by Gasteiger charge is -2.13. The van der Waals surface area contributed by atoms with Crippen molar-refractivity contribution in [1.29, 1.82) is 5.26 Å². The predicted molar refractivity (Wildman–Crippen MR) is 59.3 cm³/mol. The van der Waals surface area contributed by atoms with Crippen molar-refractivity contribution in [3.63, 3.8) is 0 Å². The van der Waals surface area contributed by atoms with Gasteiger partial charge in [-0.25, -0.2) is 0 Å². The van der Waals surface area contributed by atoms with Crippen molar-refractivity contribution in [1.82, 2.24) is 5.32 Å². The quantitative estimate of drug-likeness (QED) is 0.772. The first-order chi connectivity index (χ1) is 7.26. The molecular formula is C12H16N2O. The van der Waals surface area contributed by atoms with Crippen LogP contribution in [0, 0.1) is 11.3 Å². The van der Waals surface area contributed by atoms with E-state index in [9.17, 15) is 0 Å². The summed E-state index contributed by atoms with van der Waals surface area (Å²) >= 11 is 0. The maximum atomic E-state index is 9.10. The second-order valence-electron chi connectivity index (χ2n) is 3.51. The van der Waals surface area contributed by atoms with E-state index in [1.807, 2.05) is 12.1 Å². The van der Waals surface area contributed by atoms with E-state index in [0.717, 1.165) is 18.5 Å². The molecule has 1 aromatic rings. The Kier molecular flexibility index (Phi) is 4.65. The Morgan fingerprint density at radius 3 is 2.60 bits per heavy atom. The third-order valence-corrected chi connectivity index (χ3v) is 2.36. The molecule has 0 bridgehead atoms. The van der Waals surface area contributed by atoms with Crippen LogP contribution in [0.25, 0.3) is 0 Å². The van der Waals surface area contributed by atoms with Crippen LogP contribution < -0.4 is 5.32 Å². The molecular weight excluding hydrogens is 188 g/mol. The van der Waals surface area contributed by atoms with Gasteiger partial charge in [0.2, 0.25) is 0 Å². The average Bonchev–Trinajstić information content (AvgIpc) is 2.26. The fraction of sp³-hybridized carbons (Fsp3) is 0.417. The van der Waals surface area contributed by atoms with Crippen LogP contribution in [0.3, 0.4) is 0 Å². The second kappa shape index (κ2) is 6.05. The van der Waals surface area contributed by atoms with Crippen molar-refractivity contribution in [2.75, 3.05) is 0 Å². The number of nitriles is 1. The van der Waals surface area contributed by atoms with Crippen molar-refractivity contribution in [3.8, 4) is 11.8 Å². The van der Waals surface area contributed by atoms with E-state index in [-0.39, 0.29) is 11.8 Å². The van der Waals surface area contributed by atoms with Gasteiger partial charge in [0.25, 0.3) is 0 Å². The summed E-state index contributed by atoms with van der Waals surface area (Å²) in [5, 5.41) is 21.0. The molecule has 0 spiro atoms. The van der Waals surface area contributed by atoms with Gasteiger partial charge in [-0.05, 0) is 24.1 Å². The number of phenols is 1. The summed E-state index contributed by atoms with van der Waals surface area (Å²) in [7, 11) is 0. The van der Waals surface area contributed by atoms with Crippen molar-refractivity contribution >= 4 is 0 Å². The smallest absolute Gasteiger partial charge is 0.115 e. The molecule has 80 valence electrons. The molecule has 15 heavy (non-hydrogen) atoms. The Labute approximate surface area is 90.4 Å². The zero-order chi connectivity index (χ0) is 11.1. The standard InChI is InChI=1S/C12H16N2O/c1-2-11(7-8-13)14-9-10-3-5-12(15)6-4-10/h3-6,11,14-15H,2,7,9H2,1H3. The maximum Gasteiger partial charge on any atom is 0.115 e. The van der Waals surface area contributed by atoms with Crippen LogP contribution in [-0.2, 0) is 6.54 Å². The molecule has 0 aliphatic carbocycles. The summed E-state index contributed by atoms with van der Waals surface area (Å²) in [6.45, 7) is 2.80. The lowest BCUT2D eigenvalue weighted by molar-refractivity contribution is 0.474. The van der Waals surface area contributed by atoms with Gasteiger partial charge in [0.15, 0.2) is 0 Å². The van der Waals surface area contributed by atoms with Crippen molar-refractivity contribution in [2.45, 2.75) is 32.4 Å². The van der Waals surface area contributed by atoms with E-state index in [2.05, 4.69) is 18.3 Å². The molecule has 0 fully saturated rings. The summed E-state index contributed by atoms with van der Waals surface area (Å²) in [6, 6.07) is 9.51. The number of hydrogen-bond donors (Lipinski definition) is 2. The van der Waals surface area contributed by atoms with Crippen LogP contribution >= 0.6 is 0 Å². The van der Waals surface area contributed by atoms with Crippen LogP contribution in [0.1, 0.15) is 25.3 Å². The number of aromatic hydroxyl groups is 1. The average molecular weight is 204 g/mol. The van der Waals surface area contributed by atoms with Crippen LogP contribution in [0.5, 0.6) is 5.75 Å². The Hall–Kier alpha value is -1.53. The molecule has 1 rings (SSSR count). The minimum atomic E-state index is 0.254. The topological polar surface area (TPSA) is 56.0 Å². The molecule has 0 aliphatic heterocycles. The van der Waals surface area contributed by atoms with Gasteiger partial charge < -0.3 is 10.4 Å². The van der Waals surface area contributed by atoms with Crippen LogP contribution in [0.15, 0.2) is 24.3 Å². The van der Waals surface area contributed by atoms with Gasteiger partial charge >= 0.3 is 0 Å². The summed E-state index contributed by atoms with van der Waals surface area (Å²) in [5.74, 6) is 0.280. The normalized spacial score (nSPS) is 12.0. The van der Waals surface area contributed by atoms with E-state index in [0.29, 0.717) is 6.42 Å². The monoisotopic (exact) mass is 204 g/mol. The van der Waals surface area contributed by atoms with Crippen LogP contribution in [-0.4, -0.2) is 11.1 Å². The van der Waals surface area contributed by atoms with Gasteiger partial charge in [-0.2, -0.15) is 5.26 Å². The fourth-order valence-electron chi connectivity index (χ4n) is 1.35. The van der Waals surface area contributed by atoms with Crippen molar-refractivity contribution < 1.29 is 5.11 Å². The zero-order valence-electron chi connectivity index (χ0n) is 8.90. The lowest BCUT2D eigenvalue weighted by atomic mass is 10.1. The van der Waals surface area contributed by atoms with E-state index < -0.39 is 0 Å². The molecule has 1 unspecified atom stereocenters. The molecule has 0 radical (unpaired) electrons. The summed E-state index contributed by atoms with van der Waals surface area (Å²) in [5.41, 5.74) is 1.11. The minimum absolute atomic E-state index is 0.254. The lowest BCUT2D eigenvalue weighted by Crippen LogP contribution is -2.27. The van der Waals surface area contributed by atoms with Crippen LogP contribution in [0.2, 0.25) is 0 Å². The van der Waals surface area contributed by atoms with Gasteiger partial charge in [0.1, 0.15) is 5.75 Å². The van der Waals surface area contributed by atoms with E-state index >= 15 is 0 Å². The number of phenolic OH excluding ortho intramolecular Hbond substituents is 1. The minimum Gasteiger partial charge on any atom is -0.508 e. The third-order valence-electron chi connectivity index (χ3n) is 2.36. The molecule has 3 nitrogen and oxygen atoms in total. The summed E-state index contributed by atoms with van der Waals surface area (Å²) in [4.78, 5) is 0. The number of rotatable bonds is 5. The van der Waals surface area contributed by atoms with Gasteiger partial charge in [-0.1, -0.05) is 19.1 Å². The number of benzene rings is 1. The van der Waals surface area contributed by atoms with Crippen molar-refractivity contribution in [3.05, 3.63) is 29.8 Å². The zero-order valence-corrected chi connectivity index (χ0v) is 8.90. The number of hydrogen-bond acceptors (Lipinski definition) is 3. The summed E-state index contributed by atoms with van der Waals surface area (Å²) < 4.78 is 0. The van der Waals surface area contributed by atoms with Gasteiger partial charge in [-0.3, -0.25) is 0 Å². The Balaban J connectivity index is 2.42. The SMILES string of the molecule is CCC(CC#N)NCc1ccc(O)cc1. The molecule has 0 heterocycles. The molecule has 2 N–H and O–H groups in total. The predicted octanol–water partition coefficient (Wildman–Crippen LogP) is 2.17. The molecule has 0 saturated carbocycles. The highest BCUT2D eigenvalue weighted by Crippen LogP contribution is 2.09. The molecule has 0 aromatic heterocycles. The Morgan fingerprint density at radius 2 is 2.07 bits per heavy atom. The number of nitrogens with one attached hydrogen (secondary N) is 1. The first-order valence-electron chi connectivity index (χ1n) is 5.14. The Bertz CT molecular complexity index is 326. The highest BCUT2D eigenvalue weighted by molar-refractivity contribution is 5.25. The molecule has 0 amide bonds. The molecule has 0 saturated heterocycles. The highest BCUT2D eigenvalue weighted by Gasteiger charge is 2.04. The molecule has 0 aliphatic rings. The maximum absolute atomic E-state index is 9.10. The van der Waals surface area contributed by atoms with E-state index in [1.54, 1.807) is 12.1 Å². The molecule has 1 aromatic carbocycles. The van der Waals surface area contributed by atoms with Gasteiger partial charge in [0, 0.05) is 12.6 Å². The second-order valence-corrected chi connectivity index (χ2v) is 3.51.